The molecule has 0 saturated carbocycles. The van der Waals surface area contributed by atoms with Crippen molar-refractivity contribution in [1.29, 1.82) is 5.41 Å². The predicted molar refractivity (Wildman–Crippen MR) is 61.4 cm³/mol. The first kappa shape index (κ1) is 11.4. The first-order chi connectivity index (χ1) is 7.04. The van der Waals surface area contributed by atoms with Crippen molar-refractivity contribution < 1.29 is 0 Å². The smallest absolute Gasteiger partial charge is 0.224 e. The molecule has 0 amide bonds. The maximum absolute atomic E-state index is 7.25. The van der Waals surface area contributed by atoms with Crippen LogP contribution < -0.4 is 10.6 Å². The van der Waals surface area contributed by atoms with Crippen LogP contribution in [0.25, 0.3) is 0 Å². The molecule has 1 heterocycles. The first-order valence-corrected chi connectivity index (χ1v) is 4.89. The number of anilines is 1. The molecular weight excluding hydrogens is 190 g/mol. The van der Waals surface area contributed by atoms with E-state index in [2.05, 4.69) is 9.97 Å². The third-order valence-corrected chi connectivity index (χ3v) is 2.06. The van der Waals surface area contributed by atoms with Crippen LogP contribution in [0.3, 0.4) is 0 Å². The van der Waals surface area contributed by atoms with Crippen LogP contribution in [0.1, 0.15) is 18.2 Å². The van der Waals surface area contributed by atoms with Crippen LogP contribution in [-0.4, -0.2) is 29.9 Å². The summed E-state index contributed by atoms with van der Waals surface area (Å²) in [5, 5.41) is 7.25. The van der Waals surface area contributed by atoms with Crippen molar-refractivity contribution in [3.63, 3.8) is 0 Å². The predicted octanol–water partition coefficient (Wildman–Crippen LogP) is 0.583. The monoisotopic (exact) mass is 207 g/mol. The fraction of sp³-hybridized carbons (Fsp3) is 0.500. The van der Waals surface area contributed by atoms with E-state index in [0.717, 1.165) is 17.7 Å². The van der Waals surface area contributed by atoms with Crippen LogP contribution in [0.15, 0.2) is 6.20 Å². The number of nitrogens with two attached hydrogens (primary N) is 1. The van der Waals surface area contributed by atoms with Crippen LogP contribution in [0.5, 0.6) is 0 Å². The van der Waals surface area contributed by atoms with Crippen LogP contribution in [0.4, 0.5) is 5.95 Å². The molecule has 0 spiro atoms. The Morgan fingerprint density at radius 3 is 2.67 bits per heavy atom. The highest BCUT2D eigenvalue weighted by Crippen LogP contribution is 2.11. The van der Waals surface area contributed by atoms with Crippen LogP contribution in [0.2, 0.25) is 0 Å². The van der Waals surface area contributed by atoms with Crippen molar-refractivity contribution in [2.24, 2.45) is 5.73 Å². The Balaban J connectivity index is 3.03. The van der Waals surface area contributed by atoms with E-state index in [1.54, 1.807) is 6.20 Å². The van der Waals surface area contributed by atoms with E-state index in [1.807, 2.05) is 25.9 Å². The van der Waals surface area contributed by atoms with E-state index in [-0.39, 0.29) is 5.84 Å². The Morgan fingerprint density at radius 1 is 1.53 bits per heavy atom. The molecule has 1 aromatic rings. The SMILES string of the molecule is CCc1nc(N(C)C)ncc1CC(=N)N. The molecule has 82 valence electrons. The minimum Gasteiger partial charge on any atom is -0.387 e. The van der Waals surface area contributed by atoms with Gasteiger partial charge in [0.1, 0.15) is 0 Å². The lowest BCUT2D eigenvalue weighted by Gasteiger charge is -2.13. The maximum Gasteiger partial charge on any atom is 0.224 e. The van der Waals surface area contributed by atoms with Crippen molar-refractivity contribution in [3.05, 3.63) is 17.5 Å². The Kier molecular flexibility index (Phi) is 3.60. The third kappa shape index (κ3) is 2.90. The highest BCUT2D eigenvalue weighted by atomic mass is 15.2. The van der Waals surface area contributed by atoms with Gasteiger partial charge < -0.3 is 10.6 Å². The summed E-state index contributed by atoms with van der Waals surface area (Å²) in [7, 11) is 3.80. The summed E-state index contributed by atoms with van der Waals surface area (Å²) in [5.41, 5.74) is 7.27. The second-order valence-electron chi connectivity index (χ2n) is 3.59. The molecular formula is C10H17N5. The van der Waals surface area contributed by atoms with Gasteiger partial charge in [-0.2, -0.15) is 0 Å². The fourth-order valence-electron chi connectivity index (χ4n) is 1.31. The van der Waals surface area contributed by atoms with E-state index in [0.29, 0.717) is 12.4 Å². The summed E-state index contributed by atoms with van der Waals surface area (Å²) < 4.78 is 0. The van der Waals surface area contributed by atoms with Crippen LogP contribution in [0, 0.1) is 5.41 Å². The van der Waals surface area contributed by atoms with Crippen molar-refractivity contribution in [3.8, 4) is 0 Å². The van der Waals surface area contributed by atoms with Crippen molar-refractivity contribution in [1.82, 2.24) is 9.97 Å². The Bertz CT molecular complexity index is 359. The zero-order chi connectivity index (χ0) is 11.4. The maximum atomic E-state index is 7.25. The average Bonchev–Trinajstić information content (AvgIpc) is 2.17. The molecule has 3 N–H and O–H groups in total. The number of amidine groups is 1. The number of rotatable bonds is 4. The molecule has 0 aliphatic rings. The number of nitrogens with zero attached hydrogens (tertiary/aromatic N) is 3. The zero-order valence-corrected chi connectivity index (χ0v) is 9.41. The lowest BCUT2D eigenvalue weighted by molar-refractivity contribution is 0.912. The molecule has 1 rings (SSSR count). The van der Waals surface area contributed by atoms with E-state index < -0.39 is 0 Å². The Hall–Kier alpha value is -1.65. The molecule has 0 aromatic carbocycles. The van der Waals surface area contributed by atoms with E-state index in [1.165, 1.54) is 0 Å². The van der Waals surface area contributed by atoms with Gasteiger partial charge in [-0.1, -0.05) is 6.92 Å². The third-order valence-electron chi connectivity index (χ3n) is 2.06. The molecule has 5 heteroatoms. The summed E-state index contributed by atoms with van der Waals surface area (Å²) in [6, 6.07) is 0. The quantitative estimate of drug-likeness (QED) is 0.559. The van der Waals surface area contributed by atoms with Crippen LogP contribution in [-0.2, 0) is 12.8 Å². The molecule has 0 radical (unpaired) electrons. The Labute approximate surface area is 89.8 Å². The minimum absolute atomic E-state index is 0.144. The molecule has 0 bridgehead atoms. The number of nitrogens with one attached hydrogen (secondary N) is 1. The van der Waals surface area contributed by atoms with Gasteiger partial charge in [-0.15, -0.1) is 0 Å². The molecule has 15 heavy (non-hydrogen) atoms. The summed E-state index contributed by atoms with van der Waals surface area (Å²) in [6.07, 6.45) is 3.01. The lowest BCUT2D eigenvalue weighted by atomic mass is 10.1. The topological polar surface area (TPSA) is 78.9 Å². The van der Waals surface area contributed by atoms with Gasteiger partial charge in [-0.05, 0) is 12.0 Å². The molecule has 5 nitrogen and oxygen atoms in total. The summed E-state index contributed by atoms with van der Waals surface area (Å²) in [4.78, 5) is 10.5. The molecule has 0 aliphatic carbocycles. The fourth-order valence-corrected chi connectivity index (χ4v) is 1.31. The molecule has 0 aliphatic heterocycles. The van der Waals surface area contributed by atoms with Gasteiger partial charge in [0.25, 0.3) is 0 Å². The van der Waals surface area contributed by atoms with E-state index in [9.17, 15) is 0 Å². The highest BCUT2D eigenvalue weighted by Gasteiger charge is 2.07. The number of aromatic nitrogens is 2. The van der Waals surface area contributed by atoms with Crippen LogP contribution >= 0.6 is 0 Å². The van der Waals surface area contributed by atoms with E-state index in [4.69, 9.17) is 11.1 Å². The Morgan fingerprint density at radius 2 is 2.20 bits per heavy atom. The highest BCUT2D eigenvalue weighted by molar-refractivity contribution is 5.79. The summed E-state index contributed by atoms with van der Waals surface area (Å²) in [5.74, 6) is 0.838. The summed E-state index contributed by atoms with van der Waals surface area (Å²) in [6.45, 7) is 2.03. The number of hydrogen-bond acceptors (Lipinski definition) is 4. The molecule has 1 aromatic heterocycles. The molecule has 0 unspecified atom stereocenters. The normalized spacial score (nSPS) is 10.1. The minimum atomic E-state index is 0.144. The van der Waals surface area contributed by atoms with Gasteiger partial charge in [0.15, 0.2) is 0 Å². The second-order valence-corrected chi connectivity index (χ2v) is 3.59. The molecule has 0 atom stereocenters. The first-order valence-electron chi connectivity index (χ1n) is 4.89. The van der Waals surface area contributed by atoms with Gasteiger partial charge in [0.2, 0.25) is 5.95 Å². The van der Waals surface area contributed by atoms with E-state index >= 15 is 0 Å². The second kappa shape index (κ2) is 4.72. The lowest BCUT2D eigenvalue weighted by Crippen LogP contribution is -2.18. The van der Waals surface area contributed by atoms with Crippen molar-refractivity contribution in [2.45, 2.75) is 19.8 Å². The standard InChI is InChI=1S/C10H17N5/c1-4-8-7(5-9(11)12)6-13-10(14-8)15(2)3/h6H,4-5H2,1-3H3,(H3,11,12). The largest absolute Gasteiger partial charge is 0.387 e. The van der Waals surface area contributed by atoms with Gasteiger partial charge in [-0.25, -0.2) is 9.97 Å². The van der Waals surface area contributed by atoms with Gasteiger partial charge in [-0.3, -0.25) is 5.41 Å². The number of aryl methyl sites for hydroxylation is 1. The van der Waals surface area contributed by atoms with Gasteiger partial charge in [0.05, 0.1) is 5.84 Å². The van der Waals surface area contributed by atoms with Gasteiger partial charge >= 0.3 is 0 Å². The summed E-state index contributed by atoms with van der Waals surface area (Å²) >= 11 is 0. The molecule has 0 fully saturated rings. The average molecular weight is 207 g/mol. The zero-order valence-electron chi connectivity index (χ0n) is 9.41. The van der Waals surface area contributed by atoms with Crippen molar-refractivity contribution >= 4 is 11.8 Å². The molecule has 0 saturated heterocycles. The van der Waals surface area contributed by atoms with Gasteiger partial charge in [0, 0.05) is 32.4 Å². The van der Waals surface area contributed by atoms with Crippen molar-refractivity contribution in [2.75, 3.05) is 19.0 Å². The number of hydrogen-bond donors (Lipinski definition) is 2.